The lowest BCUT2D eigenvalue weighted by Gasteiger charge is -2.40. The lowest BCUT2D eigenvalue weighted by Crippen LogP contribution is -2.56. The minimum Gasteiger partial charge on any atom is -0.426 e. The summed E-state index contributed by atoms with van der Waals surface area (Å²) in [4.78, 5) is 36.1. The number of ether oxygens (including phenoxy) is 1. The van der Waals surface area contributed by atoms with Gasteiger partial charge in [0.05, 0.1) is 30.2 Å². The van der Waals surface area contributed by atoms with Crippen LogP contribution in [0.1, 0.15) is 42.7 Å². The zero-order valence-corrected chi connectivity index (χ0v) is 22.4. The quantitative estimate of drug-likeness (QED) is 0.476. The highest BCUT2D eigenvalue weighted by Gasteiger charge is 2.36. The van der Waals surface area contributed by atoms with E-state index in [1.807, 2.05) is 38.6 Å². The molecule has 0 spiro atoms. The number of para-hydroxylation sites is 2. The number of morpholine rings is 1. The monoisotopic (exact) mass is 523 g/mol. The number of aryl methyl sites for hydroxylation is 3. The molecule has 11 heteroatoms. The summed E-state index contributed by atoms with van der Waals surface area (Å²) in [6, 6.07) is 7.66. The lowest BCUT2D eigenvalue weighted by molar-refractivity contribution is -0.140. The second-order valence-corrected chi connectivity index (χ2v) is 10.6. The molecule has 3 aromatic rings. The number of rotatable bonds is 8. The molecule has 5 rings (SSSR count). The van der Waals surface area contributed by atoms with Crippen molar-refractivity contribution in [2.45, 2.75) is 46.2 Å². The van der Waals surface area contributed by atoms with E-state index in [4.69, 9.17) is 14.1 Å². The second-order valence-electron chi connectivity index (χ2n) is 10.6. The maximum absolute atomic E-state index is 14.2. The molecule has 2 saturated heterocycles. The van der Waals surface area contributed by atoms with Crippen LogP contribution < -0.4 is 5.32 Å². The average molecular weight is 524 g/mol. The molecule has 38 heavy (non-hydrogen) atoms. The number of imidazole rings is 1. The van der Waals surface area contributed by atoms with Crippen molar-refractivity contribution in [1.29, 1.82) is 0 Å². The van der Waals surface area contributed by atoms with Gasteiger partial charge in [-0.2, -0.15) is 0 Å². The van der Waals surface area contributed by atoms with Crippen LogP contribution >= 0.6 is 0 Å². The molecule has 204 valence electrons. The molecular weight excluding hydrogens is 486 g/mol. The van der Waals surface area contributed by atoms with Crippen LogP contribution in [0.5, 0.6) is 0 Å². The third-order valence-electron chi connectivity index (χ3n) is 7.23. The minimum atomic E-state index is -0.172. The SMILES string of the molecule is Cc1nnc(CCn2c(C(=O)N(CC(C)C)[C@@H]3CNC[C@H](C(=O)N4CCOCC4)C3)nc3ccccc32)o1. The lowest BCUT2D eigenvalue weighted by atomic mass is 9.92. The third-order valence-corrected chi connectivity index (χ3v) is 7.23. The molecule has 11 nitrogen and oxygen atoms in total. The molecule has 2 amide bonds. The Hall–Kier alpha value is -3.31. The Morgan fingerprint density at radius 2 is 1.95 bits per heavy atom. The standard InChI is InChI=1S/C27H37N7O4/c1-18(2)17-34(21-14-20(15-28-16-21)26(35)32-10-12-37-13-11-32)27(36)25-29-22-6-4-5-7-23(22)33(25)9-8-24-31-30-19(3)38-24/h4-7,18,20-21,28H,8-17H2,1-3H3/t20-,21+/m1/s1. The Balaban J connectivity index is 1.40. The first-order valence-electron chi connectivity index (χ1n) is 13.5. The van der Waals surface area contributed by atoms with Crippen LogP contribution in [0.2, 0.25) is 0 Å². The van der Waals surface area contributed by atoms with E-state index in [1.165, 1.54) is 0 Å². The van der Waals surface area contributed by atoms with Crippen molar-refractivity contribution in [1.82, 2.24) is 34.9 Å². The van der Waals surface area contributed by atoms with Gasteiger partial charge < -0.3 is 28.8 Å². The van der Waals surface area contributed by atoms with Crippen LogP contribution in [0.25, 0.3) is 11.0 Å². The summed E-state index contributed by atoms with van der Waals surface area (Å²) in [5.74, 6) is 1.54. The molecule has 0 radical (unpaired) electrons. The molecule has 0 bridgehead atoms. The number of aromatic nitrogens is 4. The van der Waals surface area contributed by atoms with Gasteiger partial charge in [-0.3, -0.25) is 9.59 Å². The molecule has 1 N–H and O–H groups in total. The van der Waals surface area contributed by atoms with Crippen molar-refractivity contribution in [3.05, 3.63) is 41.9 Å². The van der Waals surface area contributed by atoms with Gasteiger partial charge in [-0.25, -0.2) is 4.98 Å². The largest absolute Gasteiger partial charge is 0.426 e. The minimum absolute atomic E-state index is 0.111. The van der Waals surface area contributed by atoms with Gasteiger partial charge in [-0.05, 0) is 24.5 Å². The van der Waals surface area contributed by atoms with Gasteiger partial charge in [0.25, 0.3) is 5.91 Å². The molecule has 4 heterocycles. The number of nitrogens with one attached hydrogen (secondary N) is 1. The number of carbonyl (C=O) groups excluding carboxylic acids is 2. The Morgan fingerprint density at radius 1 is 1.16 bits per heavy atom. The van der Waals surface area contributed by atoms with Crippen LogP contribution in [0.3, 0.4) is 0 Å². The average Bonchev–Trinajstić information content (AvgIpc) is 3.53. The van der Waals surface area contributed by atoms with Crippen LogP contribution in [0.15, 0.2) is 28.7 Å². The van der Waals surface area contributed by atoms with Gasteiger partial charge >= 0.3 is 0 Å². The van der Waals surface area contributed by atoms with Crippen molar-refractivity contribution in [2.75, 3.05) is 45.9 Å². The maximum Gasteiger partial charge on any atom is 0.290 e. The van der Waals surface area contributed by atoms with Crippen molar-refractivity contribution in [3.63, 3.8) is 0 Å². The Labute approximate surface area is 222 Å². The van der Waals surface area contributed by atoms with Gasteiger partial charge in [-0.1, -0.05) is 26.0 Å². The number of fused-ring (bicyclic) bond motifs is 1. The molecular formula is C27H37N7O4. The molecule has 0 aliphatic carbocycles. The summed E-state index contributed by atoms with van der Waals surface area (Å²) in [5, 5.41) is 11.5. The maximum atomic E-state index is 14.2. The fourth-order valence-corrected chi connectivity index (χ4v) is 5.42. The number of hydrogen-bond donors (Lipinski definition) is 1. The normalized spacial score (nSPS) is 20.3. The Morgan fingerprint density at radius 3 is 2.68 bits per heavy atom. The van der Waals surface area contributed by atoms with Gasteiger partial charge in [0, 0.05) is 58.7 Å². The number of benzene rings is 1. The number of hydrogen-bond acceptors (Lipinski definition) is 8. The summed E-state index contributed by atoms with van der Waals surface area (Å²) in [6.07, 6.45) is 1.12. The zero-order valence-electron chi connectivity index (χ0n) is 22.4. The summed E-state index contributed by atoms with van der Waals surface area (Å²) in [6.45, 7) is 10.7. The molecule has 2 aromatic heterocycles. The number of carbonyl (C=O) groups is 2. The highest BCUT2D eigenvalue weighted by Crippen LogP contribution is 2.24. The molecule has 2 fully saturated rings. The smallest absolute Gasteiger partial charge is 0.290 e. The van der Waals surface area contributed by atoms with Crippen LogP contribution in [-0.4, -0.2) is 93.3 Å². The summed E-state index contributed by atoms with van der Waals surface area (Å²) >= 11 is 0. The van der Waals surface area contributed by atoms with E-state index in [0.29, 0.717) is 82.9 Å². The Kier molecular flexibility index (Phi) is 8.04. The fourth-order valence-electron chi connectivity index (χ4n) is 5.42. The van der Waals surface area contributed by atoms with Crippen molar-refractivity contribution >= 4 is 22.8 Å². The van der Waals surface area contributed by atoms with Crippen molar-refractivity contribution < 1.29 is 18.7 Å². The van der Waals surface area contributed by atoms with Gasteiger partial charge in [0.2, 0.25) is 17.7 Å². The van der Waals surface area contributed by atoms with Gasteiger partial charge in [-0.15, -0.1) is 10.2 Å². The summed E-state index contributed by atoms with van der Waals surface area (Å²) in [5.41, 5.74) is 1.66. The predicted octanol–water partition coefficient (Wildman–Crippen LogP) is 1.91. The number of piperidine rings is 1. The van der Waals surface area contributed by atoms with E-state index >= 15 is 0 Å². The van der Waals surface area contributed by atoms with E-state index in [9.17, 15) is 9.59 Å². The zero-order chi connectivity index (χ0) is 26.6. The summed E-state index contributed by atoms with van der Waals surface area (Å²) < 4.78 is 12.9. The first-order chi connectivity index (χ1) is 18.4. The van der Waals surface area contributed by atoms with Crippen molar-refractivity contribution in [3.8, 4) is 0 Å². The highest BCUT2D eigenvalue weighted by atomic mass is 16.5. The molecule has 2 atom stereocenters. The van der Waals surface area contributed by atoms with E-state index in [2.05, 4.69) is 29.4 Å². The Bertz CT molecular complexity index is 1260. The predicted molar refractivity (Wildman–Crippen MR) is 141 cm³/mol. The van der Waals surface area contributed by atoms with Crippen molar-refractivity contribution in [2.24, 2.45) is 11.8 Å². The molecule has 1 aromatic carbocycles. The molecule has 2 aliphatic rings. The second kappa shape index (κ2) is 11.6. The van der Waals surface area contributed by atoms with E-state index in [0.717, 1.165) is 11.0 Å². The first-order valence-corrected chi connectivity index (χ1v) is 13.5. The van der Waals surface area contributed by atoms with Gasteiger partial charge in [0.1, 0.15) is 0 Å². The van der Waals surface area contributed by atoms with Gasteiger partial charge in [0.15, 0.2) is 5.82 Å². The van der Waals surface area contributed by atoms with Crippen LogP contribution in [0.4, 0.5) is 0 Å². The fraction of sp³-hybridized carbons (Fsp3) is 0.593. The highest BCUT2D eigenvalue weighted by molar-refractivity contribution is 5.95. The topological polar surface area (TPSA) is 119 Å². The first kappa shape index (κ1) is 26.3. The molecule has 0 unspecified atom stereocenters. The van der Waals surface area contributed by atoms with E-state index in [1.54, 1.807) is 6.92 Å². The summed E-state index contributed by atoms with van der Waals surface area (Å²) in [7, 11) is 0. The van der Waals surface area contributed by atoms with Crippen LogP contribution in [0, 0.1) is 18.8 Å². The molecule has 0 saturated carbocycles. The number of amides is 2. The van der Waals surface area contributed by atoms with Crippen LogP contribution in [-0.2, 0) is 22.5 Å². The van der Waals surface area contributed by atoms with E-state index in [-0.39, 0.29) is 29.7 Å². The third kappa shape index (κ3) is 5.73. The van der Waals surface area contributed by atoms with E-state index < -0.39 is 0 Å². The number of nitrogens with zero attached hydrogens (tertiary/aromatic N) is 6. The molecule has 2 aliphatic heterocycles.